The summed E-state index contributed by atoms with van der Waals surface area (Å²) in [6.07, 6.45) is 0. The summed E-state index contributed by atoms with van der Waals surface area (Å²) in [5.41, 5.74) is 4.20. The molecule has 1 saturated heterocycles. The van der Waals surface area contributed by atoms with Crippen molar-refractivity contribution in [2.45, 2.75) is 19.9 Å². The number of aryl methyl sites for hydroxylation is 2. The molecule has 3 N–H and O–H groups in total. The summed E-state index contributed by atoms with van der Waals surface area (Å²) in [6.45, 7) is 8.00. The highest BCUT2D eigenvalue weighted by atomic mass is 32.1. The van der Waals surface area contributed by atoms with Gasteiger partial charge in [0.1, 0.15) is 11.7 Å². The van der Waals surface area contributed by atoms with Crippen molar-refractivity contribution in [2.24, 2.45) is 5.92 Å². The first-order valence-corrected chi connectivity index (χ1v) is 8.66. The Balaban J connectivity index is 1.93. The normalized spacial score (nSPS) is 19.5. The lowest BCUT2D eigenvalue weighted by Gasteiger charge is -2.36. The summed E-state index contributed by atoms with van der Waals surface area (Å²) in [5, 5.41) is 9.40. The number of benzene rings is 2. The lowest BCUT2D eigenvalue weighted by atomic mass is 9.85. The van der Waals surface area contributed by atoms with Gasteiger partial charge in [-0.2, -0.15) is 0 Å². The van der Waals surface area contributed by atoms with Crippen LogP contribution in [0.25, 0.3) is 0 Å². The zero-order valence-corrected chi connectivity index (χ0v) is 15.4. The smallest absolute Gasteiger partial charge is 0.235 e. The van der Waals surface area contributed by atoms with E-state index < -0.39 is 5.92 Å². The van der Waals surface area contributed by atoms with Crippen LogP contribution in [0.1, 0.15) is 22.7 Å². The molecule has 26 heavy (non-hydrogen) atoms. The first kappa shape index (κ1) is 18.1. The van der Waals surface area contributed by atoms with Crippen LogP contribution in [-0.2, 0) is 4.79 Å². The average Bonchev–Trinajstić information content (AvgIpc) is 2.58. The van der Waals surface area contributed by atoms with Crippen molar-refractivity contribution in [3.05, 3.63) is 77.2 Å². The molecule has 6 heteroatoms. The van der Waals surface area contributed by atoms with Crippen LogP contribution in [0, 0.1) is 25.6 Å². The highest BCUT2D eigenvalue weighted by Gasteiger charge is 2.37. The minimum atomic E-state index is -0.577. The van der Waals surface area contributed by atoms with Gasteiger partial charge in [0, 0.05) is 11.4 Å². The van der Waals surface area contributed by atoms with E-state index in [2.05, 4.69) is 22.5 Å². The van der Waals surface area contributed by atoms with Gasteiger partial charge in [0.05, 0.1) is 6.04 Å². The molecular formula is C20H20FN3OS. The van der Waals surface area contributed by atoms with E-state index in [-0.39, 0.29) is 17.8 Å². The fourth-order valence-corrected chi connectivity index (χ4v) is 3.36. The summed E-state index contributed by atoms with van der Waals surface area (Å²) < 4.78 is 13.1. The number of carbonyl (C=O) groups is 1. The van der Waals surface area contributed by atoms with Crippen LogP contribution in [-0.4, -0.2) is 11.0 Å². The van der Waals surface area contributed by atoms with Crippen LogP contribution in [0.15, 0.2) is 54.7 Å². The zero-order chi connectivity index (χ0) is 18.8. The number of halogens is 1. The van der Waals surface area contributed by atoms with Gasteiger partial charge in [-0.25, -0.2) is 4.39 Å². The Morgan fingerprint density at radius 1 is 1.19 bits per heavy atom. The first-order chi connectivity index (χ1) is 12.3. The van der Waals surface area contributed by atoms with Gasteiger partial charge in [0.15, 0.2) is 5.11 Å². The van der Waals surface area contributed by atoms with Crippen LogP contribution in [0.3, 0.4) is 0 Å². The maximum atomic E-state index is 13.1. The summed E-state index contributed by atoms with van der Waals surface area (Å²) in [6, 6.07) is 11.4. The second-order valence-electron chi connectivity index (χ2n) is 6.44. The predicted octanol–water partition coefficient (Wildman–Crippen LogP) is 3.73. The lowest BCUT2D eigenvalue weighted by Crippen LogP contribution is -2.51. The summed E-state index contributed by atoms with van der Waals surface area (Å²) in [7, 11) is 0. The Labute approximate surface area is 157 Å². The Bertz CT molecular complexity index is 879. The molecule has 0 aromatic heterocycles. The van der Waals surface area contributed by atoms with E-state index in [1.807, 2.05) is 32.0 Å². The Kier molecular flexibility index (Phi) is 5.04. The Morgan fingerprint density at radius 2 is 1.88 bits per heavy atom. The topological polar surface area (TPSA) is 53.2 Å². The average molecular weight is 369 g/mol. The fraction of sp³-hybridized carbons (Fsp3) is 0.200. The van der Waals surface area contributed by atoms with Gasteiger partial charge in [0.2, 0.25) is 5.91 Å². The van der Waals surface area contributed by atoms with E-state index in [0.717, 1.165) is 16.7 Å². The molecule has 1 heterocycles. The van der Waals surface area contributed by atoms with Crippen LogP contribution in [0.4, 0.5) is 10.1 Å². The summed E-state index contributed by atoms with van der Waals surface area (Å²) in [4.78, 5) is 13.0. The van der Waals surface area contributed by atoms with Crippen LogP contribution in [0.2, 0.25) is 0 Å². The SMILES string of the molecule is C=C1NC(=S)N[C@@H](c2cc(C)ccc2C)[C@@H]1C(=O)Nc1ccc(F)cc1. The van der Waals surface area contributed by atoms with Gasteiger partial charge in [-0.15, -0.1) is 0 Å². The number of rotatable bonds is 3. The predicted molar refractivity (Wildman–Crippen MR) is 105 cm³/mol. The molecule has 4 nitrogen and oxygen atoms in total. The number of thiocarbonyl (C=S) groups is 1. The molecule has 0 aliphatic carbocycles. The van der Waals surface area contributed by atoms with Crippen molar-refractivity contribution in [1.29, 1.82) is 0 Å². The largest absolute Gasteiger partial charge is 0.354 e. The molecule has 0 unspecified atom stereocenters. The third kappa shape index (κ3) is 3.75. The number of amides is 1. The Morgan fingerprint density at radius 3 is 2.58 bits per heavy atom. The minimum Gasteiger partial charge on any atom is -0.354 e. The highest BCUT2D eigenvalue weighted by molar-refractivity contribution is 7.80. The summed E-state index contributed by atoms with van der Waals surface area (Å²) in [5.74, 6) is -1.17. The second-order valence-corrected chi connectivity index (χ2v) is 6.84. The maximum absolute atomic E-state index is 13.1. The minimum absolute atomic E-state index is 0.241. The van der Waals surface area contributed by atoms with Crippen molar-refractivity contribution in [3.8, 4) is 0 Å². The van der Waals surface area contributed by atoms with Gasteiger partial charge >= 0.3 is 0 Å². The fourth-order valence-electron chi connectivity index (χ4n) is 3.10. The molecule has 2 atom stereocenters. The number of anilines is 1. The van der Waals surface area contributed by atoms with E-state index in [0.29, 0.717) is 16.5 Å². The van der Waals surface area contributed by atoms with Gasteiger partial charge in [-0.3, -0.25) is 4.79 Å². The van der Waals surface area contributed by atoms with Crippen molar-refractivity contribution < 1.29 is 9.18 Å². The van der Waals surface area contributed by atoms with Crippen LogP contribution < -0.4 is 16.0 Å². The molecule has 0 bridgehead atoms. The van der Waals surface area contributed by atoms with E-state index in [4.69, 9.17) is 12.2 Å². The van der Waals surface area contributed by atoms with Gasteiger partial charge in [-0.1, -0.05) is 30.3 Å². The molecule has 2 aromatic carbocycles. The van der Waals surface area contributed by atoms with E-state index in [1.165, 1.54) is 24.3 Å². The maximum Gasteiger partial charge on any atom is 0.235 e. The van der Waals surface area contributed by atoms with Crippen molar-refractivity contribution >= 4 is 28.9 Å². The molecule has 1 aliphatic rings. The van der Waals surface area contributed by atoms with Crippen molar-refractivity contribution in [2.75, 3.05) is 5.32 Å². The molecule has 1 fully saturated rings. The monoisotopic (exact) mass is 369 g/mol. The number of nitrogens with one attached hydrogen (secondary N) is 3. The number of hydrogen-bond donors (Lipinski definition) is 3. The standard InChI is InChI=1S/C20H20FN3OS/c1-11-4-5-12(2)16(10-11)18-17(13(3)22-20(26)24-18)19(25)23-15-8-6-14(21)7-9-15/h4-10,17-18H,3H2,1-2H3,(H,23,25)(H2,22,24,26)/t17-,18+/m1/s1. The molecule has 0 radical (unpaired) electrons. The molecule has 3 rings (SSSR count). The number of carbonyl (C=O) groups excluding carboxylic acids is 1. The first-order valence-electron chi connectivity index (χ1n) is 8.25. The van der Waals surface area contributed by atoms with E-state index >= 15 is 0 Å². The van der Waals surface area contributed by atoms with Gasteiger partial charge < -0.3 is 16.0 Å². The van der Waals surface area contributed by atoms with Crippen LogP contribution >= 0.6 is 12.2 Å². The lowest BCUT2D eigenvalue weighted by molar-refractivity contribution is -0.119. The van der Waals surface area contributed by atoms with Crippen LogP contribution in [0.5, 0.6) is 0 Å². The molecule has 2 aromatic rings. The Hall–Kier alpha value is -2.73. The molecule has 1 aliphatic heterocycles. The van der Waals surface area contributed by atoms with Crippen molar-refractivity contribution in [3.63, 3.8) is 0 Å². The molecular weight excluding hydrogens is 349 g/mol. The second kappa shape index (κ2) is 7.25. The molecule has 0 spiro atoms. The third-order valence-corrected chi connectivity index (χ3v) is 4.65. The van der Waals surface area contributed by atoms with E-state index in [9.17, 15) is 9.18 Å². The highest BCUT2D eigenvalue weighted by Crippen LogP contribution is 2.32. The molecule has 1 amide bonds. The quantitative estimate of drug-likeness (QED) is 0.722. The van der Waals surface area contributed by atoms with Gasteiger partial charge in [0.25, 0.3) is 0 Å². The molecule has 134 valence electrons. The zero-order valence-electron chi connectivity index (χ0n) is 14.6. The number of hydrogen-bond acceptors (Lipinski definition) is 2. The van der Waals surface area contributed by atoms with Crippen molar-refractivity contribution in [1.82, 2.24) is 10.6 Å². The molecule has 0 saturated carbocycles. The third-order valence-electron chi connectivity index (χ3n) is 4.43. The summed E-state index contributed by atoms with van der Waals surface area (Å²) >= 11 is 5.26. The van der Waals surface area contributed by atoms with E-state index in [1.54, 1.807) is 0 Å². The van der Waals surface area contributed by atoms with Gasteiger partial charge in [-0.05, 0) is 61.5 Å².